The topological polar surface area (TPSA) is 72.3 Å². The Balaban J connectivity index is 0. The number of amides is 1. The van der Waals surface area contributed by atoms with Gasteiger partial charge in [0, 0.05) is 19.5 Å². The van der Waals surface area contributed by atoms with Crippen molar-refractivity contribution in [1.82, 2.24) is 4.90 Å². The summed E-state index contributed by atoms with van der Waals surface area (Å²) in [6, 6.07) is 0. The number of hydrogen-bond donors (Lipinski definition) is 2. The maximum Gasteiger partial charge on any atom is 0.222 e. The van der Waals surface area contributed by atoms with E-state index in [0.717, 1.165) is 32.4 Å². The maximum atomic E-state index is 12.3. The number of hydrogen-bond acceptors (Lipinski definition) is 3. The van der Waals surface area contributed by atoms with Crippen molar-refractivity contribution in [3.63, 3.8) is 0 Å². The summed E-state index contributed by atoms with van der Waals surface area (Å²) >= 11 is 0. The number of carbonyl (C=O) groups is 1. The third kappa shape index (κ3) is 20.2. The van der Waals surface area contributed by atoms with E-state index in [4.69, 9.17) is 11.5 Å². The van der Waals surface area contributed by atoms with Crippen LogP contribution in [0, 0.1) is 0 Å². The van der Waals surface area contributed by atoms with E-state index < -0.39 is 0 Å². The fraction of sp³-hybridized carbons (Fsp3) is 0.955. The first kappa shape index (κ1) is 28.9. The highest BCUT2D eigenvalue weighted by Crippen LogP contribution is 2.13. The van der Waals surface area contributed by atoms with E-state index in [1.165, 1.54) is 77.0 Å². The first-order chi connectivity index (χ1) is 12.8. The van der Waals surface area contributed by atoms with Crippen LogP contribution in [0.2, 0.25) is 0 Å². The predicted molar refractivity (Wildman–Crippen MR) is 121 cm³/mol. The lowest BCUT2D eigenvalue weighted by molar-refractivity contribution is -0.131. The minimum atomic E-state index is 0. The van der Waals surface area contributed by atoms with Crippen molar-refractivity contribution >= 4 is 18.3 Å². The van der Waals surface area contributed by atoms with E-state index in [1.54, 1.807) is 0 Å². The molecule has 164 valence electrons. The van der Waals surface area contributed by atoms with E-state index >= 15 is 0 Å². The zero-order chi connectivity index (χ0) is 19.3. The van der Waals surface area contributed by atoms with Gasteiger partial charge in [0.2, 0.25) is 5.91 Å². The number of nitrogens with zero attached hydrogens (tertiary/aromatic N) is 1. The smallest absolute Gasteiger partial charge is 0.222 e. The Kier molecular flexibility index (Phi) is 25.4. The highest BCUT2D eigenvalue weighted by molar-refractivity contribution is 5.85. The Morgan fingerprint density at radius 1 is 0.630 bits per heavy atom. The third-order valence-electron chi connectivity index (χ3n) is 5.11. The lowest BCUT2D eigenvalue weighted by atomic mass is 10.0. The molecule has 0 heterocycles. The molecule has 4 N–H and O–H groups in total. The second-order valence-electron chi connectivity index (χ2n) is 7.66. The van der Waals surface area contributed by atoms with Crippen LogP contribution < -0.4 is 11.5 Å². The molecule has 0 saturated heterocycles. The number of unbranched alkanes of at least 4 members (excludes halogenated alkanes) is 12. The molecular weight excluding hydrogens is 358 g/mol. The lowest BCUT2D eigenvalue weighted by Crippen LogP contribution is -2.34. The van der Waals surface area contributed by atoms with Crippen molar-refractivity contribution in [1.29, 1.82) is 0 Å². The van der Waals surface area contributed by atoms with Gasteiger partial charge in [-0.05, 0) is 32.4 Å². The van der Waals surface area contributed by atoms with Gasteiger partial charge in [0.1, 0.15) is 0 Å². The summed E-state index contributed by atoms with van der Waals surface area (Å²) in [7, 11) is 0. The van der Waals surface area contributed by atoms with E-state index in [0.29, 0.717) is 19.5 Å². The van der Waals surface area contributed by atoms with Crippen molar-refractivity contribution in [2.24, 2.45) is 11.5 Å². The molecule has 0 spiro atoms. The van der Waals surface area contributed by atoms with Crippen LogP contribution in [-0.2, 0) is 4.79 Å². The van der Waals surface area contributed by atoms with E-state index in [2.05, 4.69) is 6.92 Å². The summed E-state index contributed by atoms with van der Waals surface area (Å²) in [5.41, 5.74) is 11.1. The standard InChI is InChI=1S/C22H47N3O.ClH/c1-2-3-4-5-6-7-8-9-10-11-12-13-14-17-22(26)25(20-15-18-23)21-16-19-24;/h2-21,23-24H2,1H3;1H. The molecule has 0 aliphatic rings. The molecule has 0 aliphatic carbocycles. The van der Waals surface area contributed by atoms with Crippen molar-refractivity contribution in [3.8, 4) is 0 Å². The van der Waals surface area contributed by atoms with Crippen LogP contribution >= 0.6 is 12.4 Å². The summed E-state index contributed by atoms with van der Waals surface area (Å²) in [4.78, 5) is 14.3. The van der Waals surface area contributed by atoms with E-state index in [9.17, 15) is 4.79 Å². The van der Waals surface area contributed by atoms with Gasteiger partial charge in [-0.2, -0.15) is 0 Å². The molecule has 1 amide bonds. The lowest BCUT2D eigenvalue weighted by Gasteiger charge is -2.22. The largest absolute Gasteiger partial charge is 0.343 e. The number of carbonyl (C=O) groups excluding carboxylic acids is 1. The molecule has 0 bridgehead atoms. The fourth-order valence-electron chi connectivity index (χ4n) is 3.38. The molecule has 0 fully saturated rings. The van der Waals surface area contributed by atoms with Gasteiger partial charge in [0.15, 0.2) is 0 Å². The molecule has 0 aromatic carbocycles. The molecular formula is C22H48ClN3O. The fourth-order valence-corrected chi connectivity index (χ4v) is 3.38. The van der Waals surface area contributed by atoms with Gasteiger partial charge in [0.25, 0.3) is 0 Å². The van der Waals surface area contributed by atoms with Gasteiger partial charge >= 0.3 is 0 Å². The maximum absolute atomic E-state index is 12.3. The molecule has 0 aromatic rings. The molecule has 0 atom stereocenters. The average Bonchev–Trinajstić information content (AvgIpc) is 2.65. The number of nitrogens with two attached hydrogens (primary N) is 2. The Labute approximate surface area is 175 Å². The molecule has 0 saturated carbocycles. The minimum absolute atomic E-state index is 0. The molecule has 0 radical (unpaired) electrons. The predicted octanol–water partition coefficient (Wildman–Crippen LogP) is 5.42. The Bertz CT molecular complexity index is 295. The summed E-state index contributed by atoms with van der Waals surface area (Å²) < 4.78 is 0. The Morgan fingerprint density at radius 3 is 1.37 bits per heavy atom. The van der Waals surface area contributed by atoms with Gasteiger partial charge in [-0.25, -0.2) is 0 Å². The minimum Gasteiger partial charge on any atom is -0.343 e. The second-order valence-corrected chi connectivity index (χ2v) is 7.66. The monoisotopic (exact) mass is 405 g/mol. The zero-order valence-corrected chi connectivity index (χ0v) is 18.9. The molecule has 0 aromatic heterocycles. The van der Waals surface area contributed by atoms with Crippen LogP contribution in [-0.4, -0.2) is 37.0 Å². The van der Waals surface area contributed by atoms with Gasteiger partial charge in [-0.1, -0.05) is 84.0 Å². The normalized spacial score (nSPS) is 10.6. The number of rotatable bonds is 20. The first-order valence-corrected chi connectivity index (χ1v) is 11.4. The summed E-state index contributed by atoms with van der Waals surface area (Å²) in [5, 5.41) is 0. The van der Waals surface area contributed by atoms with E-state index in [-0.39, 0.29) is 18.3 Å². The molecule has 0 aliphatic heterocycles. The second kappa shape index (κ2) is 23.7. The summed E-state index contributed by atoms with van der Waals surface area (Å²) in [6.45, 7) is 5.13. The Hall–Kier alpha value is -0.320. The van der Waals surface area contributed by atoms with Gasteiger partial charge < -0.3 is 16.4 Å². The Morgan fingerprint density at radius 2 is 1.00 bits per heavy atom. The highest BCUT2D eigenvalue weighted by Gasteiger charge is 2.11. The van der Waals surface area contributed by atoms with Gasteiger partial charge in [-0.3, -0.25) is 4.79 Å². The quantitative estimate of drug-likeness (QED) is 0.266. The number of halogens is 1. The van der Waals surface area contributed by atoms with Crippen LogP contribution in [0.4, 0.5) is 0 Å². The van der Waals surface area contributed by atoms with Gasteiger partial charge in [-0.15, -0.1) is 12.4 Å². The summed E-state index contributed by atoms with van der Waals surface area (Å²) in [6.07, 6.45) is 19.9. The third-order valence-corrected chi connectivity index (χ3v) is 5.11. The molecule has 5 heteroatoms. The molecule has 0 rings (SSSR count). The van der Waals surface area contributed by atoms with Crippen molar-refractivity contribution in [2.45, 2.75) is 110 Å². The zero-order valence-electron chi connectivity index (χ0n) is 18.1. The SMILES string of the molecule is CCCCCCCCCCCCCCCC(=O)N(CCCN)CCCN.Cl. The molecule has 0 unspecified atom stereocenters. The van der Waals surface area contributed by atoms with E-state index in [1.807, 2.05) is 4.90 Å². The van der Waals surface area contributed by atoms with Crippen LogP contribution in [0.3, 0.4) is 0 Å². The van der Waals surface area contributed by atoms with Crippen LogP contribution in [0.25, 0.3) is 0 Å². The van der Waals surface area contributed by atoms with Gasteiger partial charge in [0.05, 0.1) is 0 Å². The van der Waals surface area contributed by atoms with Crippen LogP contribution in [0.5, 0.6) is 0 Å². The van der Waals surface area contributed by atoms with Crippen molar-refractivity contribution in [2.75, 3.05) is 26.2 Å². The molecule has 27 heavy (non-hydrogen) atoms. The first-order valence-electron chi connectivity index (χ1n) is 11.4. The van der Waals surface area contributed by atoms with Crippen LogP contribution in [0.15, 0.2) is 0 Å². The average molecular weight is 406 g/mol. The highest BCUT2D eigenvalue weighted by atomic mass is 35.5. The summed E-state index contributed by atoms with van der Waals surface area (Å²) in [5.74, 6) is 0.287. The van der Waals surface area contributed by atoms with Crippen molar-refractivity contribution in [3.05, 3.63) is 0 Å². The van der Waals surface area contributed by atoms with Crippen LogP contribution in [0.1, 0.15) is 110 Å². The van der Waals surface area contributed by atoms with Crippen molar-refractivity contribution < 1.29 is 4.79 Å². The molecule has 4 nitrogen and oxygen atoms in total.